The minimum Gasteiger partial charge on any atom is -0.355 e. The van der Waals surface area contributed by atoms with Gasteiger partial charge in [-0.05, 0) is 17.5 Å². The van der Waals surface area contributed by atoms with Gasteiger partial charge < -0.3 is 10.6 Å². The van der Waals surface area contributed by atoms with Crippen LogP contribution in [-0.4, -0.2) is 25.0 Å². The second kappa shape index (κ2) is 6.02. The molecule has 0 unspecified atom stereocenters. The minimum absolute atomic E-state index is 0.101. The fourth-order valence-electron chi connectivity index (χ4n) is 0.920. The monoisotopic (exact) mass is 227 g/mol. The van der Waals surface area contributed by atoms with E-state index < -0.39 is 0 Å². The molecule has 0 spiro atoms. The van der Waals surface area contributed by atoms with E-state index in [1.807, 2.05) is 17.5 Å². The molecule has 0 radical (unpaired) electrons. The number of hydrogen-bond acceptors (Lipinski definition) is 3. The van der Waals surface area contributed by atoms with E-state index in [2.05, 4.69) is 16.0 Å². The van der Waals surface area contributed by atoms with Crippen molar-refractivity contribution in [2.24, 2.45) is 0 Å². The molecule has 3 amide bonds. The van der Waals surface area contributed by atoms with Crippen LogP contribution in [-0.2, 0) is 4.79 Å². The third-order valence-electron chi connectivity index (χ3n) is 1.54. The summed E-state index contributed by atoms with van der Waals surface area (Å²) in [7, 11) is 0. The number of thiophene rings is 1. The summed E-state index contributed by atoms with van der Waals surface area (Å²) >= 11 is 1.45. The summed E-state index contributed by atoms with van der Waals surface area (Å²) in [5.74, 6) is -0.101. The Labute approximate surface area is 91.9 Å². The largest absolute Gasteiger partial charge is 0.355 e. The predicted molar refractivity (Wildman–Crippen MR) is 60.0 cm³/mol. The molecular formula is C9H13N3O2S. The third kappa shape index (κ3) is 5.02. The Kier molecular flexibility index (Phi) is 4.62. The lowest BCUT2D eigenvalue weighted by Gasteiger charge is -2.05. The van der Waals surface area contributed by atoms with Crippen LogP contribution in [0.2, 0.25) is 0 Å². The zero-order chi connectivity index (χ0) is 11.1. The van der Waals surface area contributed by atoms with Crippen molar-refractivity contribution >= 4 is 28.3 Å². The molecule has 5 nitrogen and oxygen atoms in total. The quantitative estimate of drug-likeness (QED) is 0.672. The second-order valence-electron chi connectivity index (χ2n) is 2.84. The van der Waals surface area contributed by atoms with Gasteiger partial charge in [-0.3, -0.25) is 10.1 Å². The summed E-state index contributed by atoms with van der Waals surface area (Å²) in [6.45, 7) is 2.29. The van der Waals surface area contributed by atoms with E-state index in [-0.39, 0.29) is 11.9 Å². The number of carbonyl (C=O) groups excluding carboxylic acids is 2. The van der Waals surface area contributed by atoms with Gasteiger partial charge in [0.2, 0.25) is 5.91 Å². The molecule has 0 aromatic carbocycles. The highest BCUT2D eigenvalue weighted by atomic mass is 32.1. The summed E-state index contributed by atoms with van der Waals surface area (Å²) in [5, 5.41) is 10.5. The summed E-state index contributed by atoms with van der Waals surface area (Å²) in [6, 6.07) is 3.41. The van der Waals surface area contributed by atoms with E-state index >= 15 is 0 Å². The Morgan fingerprint density at radius 2 is 2.07 bits per heavy atom. The number of nitrogens with one attached hydrogen (secondary N) is 3. The van der Waals surface area contributed by atoms with Gasteiger partial charge in [0.25, 0.3) is 0 Å². The number of rotatable bonds is 4. The lowest BCUT2D eigenvalue weighted by atomic mass is 10.5. The maximum absolute atomic E-state index is 11.2. The van der Waals surface area contributed by atoms with Gasteiger partial charge in [-0.25, -0.2) is 4.79 Å². The van der Waals surface area contributed by atoms with Crippen molar-refractivity contribution in [1.82, 2.24) is 10.6 Å². The van der Waals surface area contributed by atoms with Gasteiger partial charge in [-0.1, -0.05) is 0 Å². The van der Waals surface area contributed by atoms with E-state index in [1.54, 1.807) is 0 Å². The number of anilines is 1. The molecule has 6 heteroatoms. The molecule has 0 atom stereocenters. The Balaban J connectivity index is 2.11. The fraction of sp³-hybridized carbons (Fsp3) is 0.333. The van der Waals surface area contributed by atoms with Gasteiger partial charge in [0.1, 0.15) is 0 Å². The van der Waals surface area contributed by atoms with Crippen LogP contribution in [0, 0.1) is 0 Å². The van der Waals surface area contributed by atoms with Crippen molar-refractivity contribution in [3.63, 3.8) is 0 Å². The van der Waals surface area contributed by atoms with Crippen LogP contribution >= 0.6 is 11.3 Å². The highest BCUT2D eigenvalue weighted by molar-refractivity contribution is 7.14. The van der Waals surface area contributed by atoms with E-state index in [4.69, 9.17) is 0 Å². The van der Waals surface area contributed by atoms with Gasteiger partial charge in [-0.15, -0.1) is 11.3 Å². The van der Waals surface area contributed by atoms with Gasteiger partial charge >= 0.3 is 6.03 Å². The topological polar surface area (TPSA) is 70.2 Å². The Morgan fingerprint density at radius 3 is 2.67 bits per heavy atom. The van der Waals surface area contributed by atoms with Gasteiger partial charge in [0.05, 0.1) is 5.00 Å². The van der Waals surface area contributed by atoms with Crippen LogP contribution in [0.25, 0.3) is 0 Å². The van der Waals surface area contributed by atoms with Gasteiger partial charge in [-0.2, -0.15) is 0 Å². The van der Waals surface area contributed by atoms with E-state index in [9.17, 15) is 9.59 Å². The lowest BCUT2D eigenvalue weighted by molar-refractivity contribution is -0.118. The van der Waals surface area contributed by atoms with Crippen LogP contribution in [0.1, 0.15) is 6.92 Å². The molecule has 1 aromatic heterocycles. The molecule has 0 aliphatic heterocycles. The van der Waals surface area contributed by atoms with E-state index in [0.717, 1.165) is 5.00 Å². The summed E-state index contributed by atoms with van der Waals surface area (Å²) in [6.07, 6.45) is 0. The molecular weight excluding hydrogens is 214 g/mol. The van der Waals surface area contributed by atoms with E-state index in [1.165, 1.54) is 18.3 Å². The van der Waals surface area contributed by atoms with Gasteiger partial charge in [0, 0.05) is 20.0 Å². The first-order chi connectivity index (χ1) is 7.18. The summed E-state index contributed by atoms with van der Waals surface area (Å²) < 4.78 is 0. The first-order valence-corrected chi connectivity index (χ1v) is 5.39. The normalized spacial score (nSPS) is 9.40. The van der Waals surface area contributed by atoms with Crippen molar-refractivity contribution in [3.05, 3.63) is 17.5 Å². The number of amides is 3. The predicted octanol–water partition coefficient (Wildman–Crippen LogP) is 1.01. The number of hydrogen-bond donors (Lipinski definition) is 3. The first kappa shape index (κ1) is 11.5. The maximum Gasteiger partial charge on any atom is 0.319 e. The zero-order valence-corrected chi connectivity index (χ0v) is 9.19. The molecule has 15 heavy (non-hydrogen) atoms. The van der Waals surface area contributed by atoms with Crippen LogP contribution in [0.5, 0.6) is 0 Å². The average Bonchev–Trinajstić information content (AvgIpc) is 2.64. The zero-order valence-electron chi connectivity index (χ0n) is 8.37. The highest BCUT2D eigenvalue weighted by Gasteiger charge is 2.00. The lowest BCUT2D eigenvalue weighted by Crippen LogP contribution is -2.35. The van der Waals surface area contributed by atoms with Crippen molar-refractivity contribution < 1.29 is 9.59 Å². The van der Waals surface area contributed by atoms with Crippen molar-refractivity contribution in [3.8, 4) is 0 Å². The van der Waals surface area contributed by atoms with E-state index in [0.29, 0.717) is 13.1 Å². The second-order valence-corrected chi connectivity index (χ2v) is 3.79. The average molecular weight is 227 g/mol. The van der Waals surface area contributed by atoms with Crippen LogP contribution < -0.4 is 16.0 Å². The molecule has 0 bridgehead atoms. The minimum atomic E-state index is -0.261. The summed E-state index contributed by atoms with van der Waals surface area (Å²) in [4.78, 5) is 21.7. The third-order valence-corrected chi connectivity index (χ3v) is 2.33. The molecule has 1 aromatic rings. The number of carbonyl (C=O) groups is 2. The maximum atomic E-state index is 11.2. The summed E-state index contributed by atoms with van der Waals surface area (Å²) in [5.41, 5.74) is 0. The van der Waals surface area contributed by atoms with Crippen LogP contribution in [0.4, 0.5) is 9.80 Å². The van der Waals surface area contributed by atoms with Crippen molar-refractivity contribution in [2.75, 3.05) is 18.4 Å². The standard InChI is InChI=1S/C9H13N3O2S/c1-7(13)10-4-5-11-9(14)12-8-3-2-6-15-8/h2-3,6H,4-5H2,1H3,(H,10,13)(H2,11,12,14). The Hall–Kier alpha value is -1.56. The molecule has 1 heterocycles. The molecule has 0 saturated carbocycles. The molecule has 3 N–H and O–H groups in total. The smallest absolute Gasteiger partial charge is 0.319 e. The molecule has 0 saturated heterocycles. The Morgan fingerprint density at radius 1 is 1.33 bits per heavy atom. The first-order valence-electron chi connectivity index (χ1n) is 4.51. The van der Waals surface area contributed by atoms with Crippen molar-refractivity contribution in [1.29, 1.82) is 0 Å². The molecule has 0 aliphatic carbocycles. The highest BCUT2D eigenvalue weighted by Crippen LogP contribution is 2.14. The SMILES string of the molecule is CC(=O)NCCNC(=O)Nc1cccs1. The Bertz CT molecular complexity index is 324. The molecule has 0 fully saturated rings. The molecule has 0 aliphatic rings. The molecule has 82 valence electrons. The van der Waals surface area contributed by atoms with Crippen LogP contribution in [0.3, 0.4) is 0 Å². The van der Waals surface area contributed by atoms with Crippen molar-refractivity contribution in [2.45, 2.75) is 6.92 Å². The van der Waals surface area contributed by atoms with Crippen LogP contribution in [0.15, 0.2) is 17.5 Å². The van der Waals surface area contributed by atoms with Gasteiger partial charge in [0.15, 0.2) is 0 Å². The number of urea groups is 1. The molecule has 1 rings (SSSR count). The fourth-order valence-corrected chi connectivity index (χ4v) is 1.53.